The van der Waals surface area contributed by atoms with Gasteiger partial charge in [0.1, 0.15) is 17.3 Å². The molecule has 2 aromatic rings. The quantitative estimate of drug-likeness (QED) is 0.803. The lowest BCUT2D eigenvalue weighted by Crippen LogP contribution is -2.04. The molecule has 0 spiro atoms. The van der Waals surface area contributed by atoms with Gasteiger partial charge in [-0.2, -0.15) is 5.10 Å². The highest BCUT2D eigenvalue weighted by Crippen LogP contribution is 2.18. The van der Waals surface area contributed by atoms with Gasteiger partial charge in [-0.05, 0) is 13.8 Å². The summed E-state index contributed by atoms with van der Waals surface area (Å²) < 4.78 is 0. The van der Waals surface area contributed by atoms with E-state index < -0.39 is 0 Å². The molecule has 5 nitrogen and oxygen atoms in total. The number of halogens is 1. The molecule has 2 N–H and O–H groups in total. The molecule has 2 heterocycles. The van der Waals surface area contributed by atoms with E-state index in [1.807, 2.05) is 13.8 Å². The van der Waals surface area contributed by atoms with E-state index in [-0.39, 0.29) is 0 Å². The summed E-state index contributed by atoms with van der Waals surface area (Å²) in [6.45, 7) is 4.52. The number of nitrogens with one attached hydrogen (secondary N) is 2. The number of aromatic amines is 1. The standard InChI is InChI=1S/C10H12ClN5/c1-6-9(11)13-5-14-10(6)12-3-8-4-15-16-7(8)2/h4-5H,3H2,1-2H3,(H,15,16)(H,12,13,14). The van der Waals surface area contributed by atoms with Crippen molar-refractivity contribution in [2.45, 2.75) is 20.4 Å². The lowest BCUT2D eigenvalue weighted by Gasteiger charge is -2.07. The smallest absolute Gasteiger partial charge is 0.137 e. The molecular weight excluding hydrogens is 226 g/mol. The summed E-state index contributed by atoms with van der Waals surface area (Å²) in [7, 11) is 0. The maximum atomic E-state index is 5.90. The van der Waals surface area contributed by atoms with Crippen LogP contribution in [0.5, 0.6) is 0 Å². The first-order valence-corrected chi connectivity index (χ1v) is 5.26. The number of aryl methyl sites for hydroxylation is 1. The number of aromatic nitrogens is 4. The summed E-state index contributed by atoms with van der Waals surface area (Å²) in [6.07, 6.45) is 3.24. The molecule has 0 saturated heterocycles. The van der Waals surface area contributed by atoms with Crippen molar-refractivity contribution in [2.75, 3.05) is 5.32 Å². The second kappa shape index (κ2) is 4.49. The highest BCUT2D eigenvalue weighted by molar-refractivity contribution is 6.30. The normalized spacial score (nSPS) is 10.4. The van der Waals surface area contributed by atoms with Gasteiger partial charge in [-0.15, -0.1) is 0 Å². The molecule has 0 amide bonds. The number of anilines is 1. The van der Waals surface area contributed by atoms with Crippen molar-refractivity contribution in [1.82, 2.24) is 20.2 Å². The summed E-state index contributed by atoms with van der Waals surface area (Å²) >= 11 is 5.90. The van der Waals surface area contributed by atoms with Crippen LogP contribution < -0.4 is 5.32 Å². The third-order valence-electron chi connectivity index (χ3n) is 2.40. The molecule has 84 valence electrons. The zero-order valence-electron chi connectivity index (χ0n) is 9.08. The molecule has 0 atom stereocenters. The largest absolute Gasteiger partial charge is 0.366 e. The maximum absolute atomic E-state index is 5.90. The molecule has 0 radical (unpaired) electrons. The molecule has 0 saturated carbocycles. The van der Waals surface area contributed by atoms with Gasteiger partial charge in [0.05, 0.1) is 6.20 Å². The predicted octanol–water partition coefficient (Wildman–Crippen LogP) is 2.08. The van der Waals surface area contributed by atoms with E-state index in [4.69, 9.17) is 11.6 Å². The van der Waals surface area contributed by atoms with Crippen LogP contribution in [-0.2, 0) is 6.54 Å². The van der Waals surface area contributed by atoms with Gasteiger partial charge in [0.25, 0.3) is 0 Å². The molecule has 0 fully saturated rings. The van der Waals surface area contributed by atoms with Crippen LogP contribution in [0.4, 0.5) is 5.82 Å². The fourth-order valence-corrected chi connectivity index (χ4v) is 1.47. The van der Waals surface area contributed by atoms with Crippen LogP contribution in [-0.4, -0.2) is 20.2 Å². The van der Waals surface area contributed by atoms with Crippen molar-refractivity contribution in [2.24, 2.45) is 0 Å². The molecular formula is C10H12ClN5. The van der Waals surface area contributed by atoms with E-state index in [9.17, 15) is 0 Å². The maximum Gasteiger partial charge on any atom is 0.137 e. The number of nitrogens with zero attached hydrogens (tertiary/aromatic N) is 3. The van der Waals surface area contributed by atoms with Crippen LogP contribution in [0, 0.1) is 13.8 Å². The lowest BCUT2D eigenvalue weighted by atomic mass is 10.2. The Hall–Kier alpha value is -1.62. The van der Waals surface area contributed by atoms with Crippen LogP contribution >= 0.6 is 11.6 Å². The first-order valence-electron chi connectivity index (χ1n) is 4.88. The van der Waals surface area contributed by atoms with Crippen LogP contribution in [0.25, 0.3) is 0 Å². The Labute approximate surface area is 98.3 Å². The Morgan fingerprint density at radius 2 is 2.19 bits per heavy atom. The van der Waals surface area contributed by atoms with Crippen molar-refractivity contribution < 1.29 is 0 Å². The number of rotatable bonds is 3. The monoisotopic (exact) mass is 237 g/mol. The molecule has 16 heavy (non-hydrogen) atoms. The summed E-state index contributed by atoms with van der Waals surface area (Å²) in [5.41, 5.74) is 3.00. The average molecular weight is 238 g/mol. The second-order valence-electron chi connectivity index (χ2n) is 3.51. The third-order valence-corrected chi connectivity index (χ3v) is 2.78. The minimum Gasteiger partial charge on any atom is -0.366 e. The Morgan fingerprint density at radius 3 is 2.88 bits per heavy atom. The van der Waals surface area contributed by atoms with Gasteiger partial charge < -0.3 is 5.32 Å². The van der Waals surface area contributed by atoms with Gasteiger partial charge in [-0.3, -0.25) is 5.10 Å². The molecule has 0 aliphatic carbocycles. The zero-order valence-corrected chi connectivity index (χ0v) is 9.84. The third kappa shape index (κ3) is 2.14. The molecule has 0 aliphatic rings. The topological polar surface area (TPSA) is 66.5 Å². The van der Waals surface area contributed by atoms with Crippen LogP contribution in [0.2, 0.25) is 5.15 Å². The molecule has 0 aliphatic heterocycles. The first-order chi connectivity index (χ1) is 7.68. The number of hydrogen-bond donors (Lipinski definition) is 2. The Balaban J connectivity index is 2.11. The zero-order chi connectivity index (χ0) is 11.5. The summed E-state index contributed by atoms with van der Waals surface area (Å²) in [5, 5.41) is 10.5. The Bertz CT molecular complexity index is 494. The summed E-state index contributed by atoms with van der Waals surface area (Å²) in [5.74, 6) is 0.751. The highest BCUT2D eigenvalue weighted by Gasteiger charge is 2.05. The van der Waals surface area contributed by atoms with Gasteiger partial charge in [-0.1, -0.05) is 11.6 Å². The molecule has 0 unspecified atom stereocenters. The molecule has 0 aromatic carbocycles. The summed E-state index contributed by atoms with van der Waals surface area (Å²) in [6, 6.07) is 0. The van der Waals surface area contributed by atoms with Gasteiger partial charge in [0.15, 0.2) is 0 Å². The summed E-state index contributed by atoms with van der Waals surface area (Å²) in [4.78, 5) is 8.03. The highest BCUT2D eigenvalue weighted by atomic mass is 35.5. The van der Waals surface area contributed by atoms with Gasteiger partial charge >= 0.3 is 0 Å². The minimum absolute atomic E-state index is 0.474. The van der Waals surface area contributed by atoms with E-state index in [2.05, 4.69) is 25.5 Å². The van der Waals surface area contributed by atoms with Crippen molar-refractivity contribution in [3.8, 4) is 0 Å². The number of H-pyrrole nitrogens is 1. The number of hydrogen-bond acceptors (Lipinski definition) is 4. The van der Waals surface area contributed by atoms with Crippen molar-refractivity contribution in [3.63, 3.8) is 0 Å². The van der Waals surface area contributed by atoms with E-state index in [1.165, 1.54) is 6.33 Å². The molecule has 2 aromatic heterocycles. The molecule has 0 bridgehead atoms. The van der Waals surface area contributed by atoms with Crippen LogP contribution in [0.15, 0.2) is 12.5 Å². The van der Waals surface area contributed by atoms with Gasteiger partial charge in [-0.25, -0.2) is 9.97 Å². The van der Waals surface area contributed by atoms with E-state index in [1.54, 1.807) is 6.20 Å². The minimum atomic E-state index is 0.474. The van der Waals surface area contributed by atoms with E-state index in [0.29, 0.717) is 11.7 Å². The SMILES string of the molecule is Cc1[nH]ncc1CNc1ncnc(Cl)c1C. The predicted molar refractivity (Wildman–Crippen MR) is 62.4 cm³/mol. The second-order valence-corrected chi connectivity index (χ2v) is 3.87. The van der Waals surface area contributed by atoms with E-state index in [0.717, 1.165) is 22.6 Å². The lowest BCUT2D eigenvalue weighted by molar-refractivity contribution is 1.03. The van der Waals surface area contributed by atoms with E-state index >= 15 is 0 Å². The van der Waals surface area contributed by atoms with Crippen LogP contribution in [0.1, 0.15) is 16.8 Å². The van der Waals surface area contributed by atoms with Gasteiger partial charge in [0, 0.05) is 23.4 Å². The van der Waals surface area contributed by atoms with Crippen LogP contribution in [0.3, 0.4) is 0 Å². The van der Waals surface area contributed by atoms with Crippen molar-refractivity contribution >= 4 is 17.4 Å². The molecule has 6 heteroatoms. The van der Waals surface area contributed by atoms with Crippen molar-refractivity contribution in [3.05, 3.63) is 34.5 Å². The Kier molecular flexibility index (Phi) is 3.05. The first kappa shape index (κ1) is 10.9. The molecule has 2 rings (SSSR count). The fraction of sp³-hybridized carbons (Fsp3) is 0.300. The fourth-order valence-electron chi connectivity index (χ4n) is 1.34. The van der Waals surface area contributed by atoms with Gasteiger partial charge in [0.2, 0.25) is 0 Å². The van der Waals surface area contributed by atoms with Crippen molar-refractivity contribution in [1.29, 1.82) is 0 Å². The Morgan fingerprint density at radius 1 is 1.38 bits per heavy atom. The average Bonchev–Trinajstić information content (AvgIpc) is 2.67.